The van der Waals surface area contributed by atoms with Crippen LogP contribution in [0.15, 0.2) is 24.3 Å². The van der Waals surface area contributed by atoms with Crippen molar-refractivity contribution < 1.29 is 19.2 Å². The van der Waals surface area contributed by atoms with Gasteiger partial charge in [-0.3, -0.25) is 19.2 Å². The Morgan fingerprint density at radius 2 is 1.18 bits per heavy atom. The lowest BCUT2D eigenvalue weighted by Crippen LogP contribution is -2.62. The topological polar surface area (TPSA) is 74.8 Å². The Balaban J connectivity index is 0.000000142. The zero-order valence-corrected chi connectivity index (χ0v) is 27.6. The van der Waals surface area contributed by atoms with Crippen LogP contribution < -0.4 is 0 Å². The molecule has 8 aliphatic rings. The normalized spacial score (nSPS) is 47.7. The Kier molecular flexibility index (Phi) is 7.37. The molecular weight excluding hydrogens is 548 g/mol. The third kappa shape index (κ3) is 4.31. The summed E-state index contributed by atoms with van der Waals surface area (Å²) >= 11 is 0. The van der Waals surface area contributed by atoms with E-state index in [1.54, 1.807) is 6.08 Å². The Bertz CT molecular complexity index is 1300. The largest absolute Gasteiger partial charge is 0.336 e. The van der Waals surface area contributed by atoms with Gasteiger partial charge in [-0.15, -0.1) is 0 Å². The highest BCUT2D eigenvalue weighted by Gasteiger charge is 2.61. The van der Waals surface area contributed by atoms with Crippen LogP contribution in [0.25, 0.3) is 0 Å². The second-order valence-corrected chi connectivity index (χ2v) is 16.7. The molecule has 240 valence electrons. The lowest BCUT2D eigenvalue weighted by molar-refractivity contribution is -0.153. The van der Waals surface area contributed by atoms with Crippen LogP contribution in [0.5, 0.6) is 0 Å². The lowest BCUT2D eigenvalue weighted by atomic mass is 9.53. The average molecular weight is 603 g/mol. The molecule has 6 fully saturated rings. The van der Waals surface area contributed by atoms with Crippen molar-refractivity contribution in [1.82, 2.24) is 9.80 Å². The molecule has 0 spiro atoms. The van der Waals surface area contributed by atoms with Crippen LogP contribution in [-0.2, 0) is 19.2 Å². The van der Waals surface area contributed by atoms with Gasteiger partial charge < -0.3 is 9.80 Å². The molecule has 6 heteroatoms. The molecule has 0 bridgehead atoms. The van der Waals surface area contributed by atoms with E-state index in [2.05, 4.69) is 43.6 Å². The fraction of sp³-hybridized carbons (Fsp3) is 0.789. The molecule has 10 atom stereocenters. The van der Waals surface area contributed by atoms with Gasteiger partial charge in [0.15, 0.2) is 0 Å². The van der Waals surface area contributed by atoms with E-state index in [9.17, 15) is 19.2 Å². The predicted octanol–water partition coefficient (Wildman–Crippen LogP) is 6.68. The van der Waals surface area contributed by atoms with Gasteiger partial charge in [-0.2, -0.15) is 0 Å². The summed E-state index contributed by atoms with van der Waals surface area (Å²) in [5, 5.41) is 0. The summed E-state index contributed by atoms with van der Waals surface area (Å²) in [4.78, 5) is 54.1. The van der Waals surface area contributed by atoms with Gasteiger partial charge in [-0.05, 0) is 126 Å². The molecule has 2 amide bonds. The summed E-state index contributed by atoms with van der Waals surface area (Å²) in [7, 11) is 0. The van der Waals surface area contributed by atoms with Crippen LogP contribution in [0, 0.1) is 46.3 Å². The van der Waals surface area contributed by atoms with Crippen LogP contribution >= 0.6 is 0 Å². The van der Waals surface area contributed by atoms with Crippen molar-refractivity contribution in [2.24, 2.45) is 46.3 Å². The summed E-state index contributed by atoms with van der Waals surface area (Å²) < 4.78 is 0. The van der Waals surface area contributed by atoms with Crippen LogP contribution in [0.4, 0.5) is 0 Å². The van der Waals surface area contributed by atoms with Crippen molar-refractivity contribution in [1.29, 1.82) is 0 Å². The minimum absolute atomic E-state index is 0.00350. The molecule has 4 heterocycles. The van der Waals surface area contributed by atoms with E-state index in [0.29, 0.717) is 59.4 Å². The number of hydrogen-bond donors (Lipinski definition) is 0. The van der Waals surface area contributed by atoms with Gasteiger partial charge in [0.05, 0.1) is 0 Å². The van der Waals surface area contributed by atoms with Crippen molar-refractivity contribution in [3.8, 4) is 0 Å². The van der Waals surface area contributed by atoms with Crippen LogP contribution in [0.1, 0.15) is 118 Å². The number of rotatable bonds is 0. The third-order valence-electron chi connectivity index (χ3n) is 15.1. The van der Waals surface area contributed by atoms with Gasteiger partial charge in [-0.25, -0.2) is 0 Å². The third-order valence-corrected chi connectivity index (χ3v) is 15.1. The molecule has 0 aromatic carbocycles. The summed E-state index contributed by atoms with van der Waals surface area (Å²) in [6, 6.07) is 0. The Morgan fingerprint density at radius 3 is 1.80 bits per heavy atom. The summed E-state index contributed by atoms with van der Waals surface area (Å²) in [6.45, 7) is 10.8. The molecule has 0 aromatic heterocycles. The molecule has 6 nitrogen and oxygen atoms in total. The molecule has 44 heavy (non-hydrogen) atoms. The van der Waals surface area contributed by atoms with Crippen molar-refractivity contribution >= 4 is 23.4 Å². The maximum absolute atomic E-state index is 12.5. The monoisotopic (exact) mass is 602 g/mol. The van der Waals surface area contributed by atoms with E-state index in [-0.39, 0.29) is 27.8 Å². The number of allylic oxidation sites excluding steroid dienone is 1. The summed E-state index contributed by atoms with van der Waals surface area (Å²) in [5.41, 5.74) is -0.159. The molecule has 4 aliphatic heterocycles. The van der Waals surface area contributed by atoms with Crippen LogP contribution in [0.2, 0.25) is 0 Å². The zero-order chi connectivity index (χ0) is 31.1. The quantitative estimate of drug-likeness (QED) is 0.290. The van der Waals surface area contributed by atoms with E-state index in [1.807, 2.05) is 12.2 Å². The molecule has 0 N–H and O–H groups in total. The number of amides is 2. The maximum Gasteiger partial charge on any atom is 0.246 e. The van der Waals surface area contributed by atoms with Crippen molar-refractivity contribution in [2.75, 3.05) is 13.1 Å². The van der Waals surface area contributed by atoms with E-state index in [0.717, 1.165) is 96.6 Å². The lowest BCUT2D eigenvalue weighted by Gasteiger charge is -2.58. The molecule has 0 aromatic rings. The first kappa shape index (κ1) is 30.4. The fourth-order valence-corrected chi connectivity index (χ4v) is 12.6. The predicted molar refractivity (Wildman–Crippen MR) is 170 cm³/mol. The number of carbonyl (C=O) groups excluding carboxylic acids is 4. The first-order valence-electron chi connectivity index (χ1n) is 17.9. The summed E-state index contributed by atoms with van der Waals surface area (Å²) in [6.07, 6.45) is 21.9. The second kappa shape index (κ2) is 10.7. The Labute approximate surface area is 264 Å². The van der Waals surface area contributed by atoms with Gasteiger partial charge in [0.1, 0.15) is 11.6 Å². The number of piperidine rings is 2. The molecule has 0 radical (unpaired) electrons. The summed E-state index contributed by atoms with van der Waals surface area (Å²) in [5.74, 6) is 5.03. The maximum atomic E-state index is 12.5. The number of ketones is 2. The SMILES string of the molecule is C[C@]12CC[C@H]3[C@@H](CCN4C(=O)C=CCC[C@]34C)[C@@H]1CCC2=O.C[C@]12CC[C@H]3[C@@H](CCN4C(=O)CC=CC[C@]34C)[C@@H]1CCC2=O. The highest BCUT2D eigenvalue weighted by atomic mass is 16.2. The first-order chi connectivity index (χ1) is 20.9. The fourth-order valence-electron chi connectivity index (χ4n) is 12.6. The van der Waals surface area contributed by atoms with Crippen molar-refractivity contribution in [3.05, 3.63) is 24.3 Å². The van der Waals surface area contributed by atoms with Gasteiger partial charge in [-0.1, -0.05) is 32.1 Å². The number of Topliss-reactive ketones (excluding diaryl/α,β-unsaturated/α-hetero) is 2. The average Bonchev–Trinajstić information content (AvgIpc) is 3.34. The van der Waals surface area contributed by atoms with Crippen LogP contribution in [0.3, 0.4) is 0 Å². The smallest absolute Gasteiger partial charge is 0.246 e. The number of carbonyl (C=O) groups is 4. The van der Waals surface area contributed by atoms with Gasteiger partial charge in [0, 0.05) is 54.3 Å². The molecular formula is C38H54N2O4. The minimum atomic E-state index is -0.0652. The number of nitrogens with zero attached hydrogens (tertiary/aromatic N) is 2. The number of hydrogen-bond acceptors (Lipinski definition) is 4. The van der Waals surface area contributed by atoms with Gasteiger partial charge >= 0.3 is 0 Å². The second-order valence-electron chi connectivity index (χ2n) is 16.7. The molecule has 2 saturated heterocycles. The first-order valence-corrected chi connectivity index (χ1v) is 17.9. The highest BCUT2D eigenvalue weighted by Crippen LogP contribution is 2.61. The molecule has 0 unspecified atom stereocenters. The molecule has 8 rings (SSSR count). The van der Waals surface area contributed by atoms with E-state index in [4.69, 9.17) is 0 Å². The van der Waals surface area contributed by atoms with Gasteiger partial charge in [0.25, 0.3) is 0 Å². The van der Waals surface area contributed by atoms with Crippen LogP contribution in [-0.4, -0.2) is 57.3 Å². The Morgan fingerprint density at radius 1 is 0.614 bits per heavy atom. The van der Waals surface area contributed by atoms with Gasteiger partial charge in [0.2, 0.25) is 11.8 Å². The highest BCUT2D eigenvalue weighted by molar-refractivity contribution is 5.89. The molecule has 4 saturated carbocycles. The van der Waals surface area contributed by atoms with Crippen molar-refractivity contribution in [2.45, 2.75) is 129 Å². The van der Waals surface area contributed by atoms with E-state index < -0.39 is 0 Å². The molecule has 4 aliphatic carbocycles. The Hall–Kier alpha value is -2.24. The minimum Gasteiger partial charge on any atom is -0.336 e. The van der Waals surface area contributed by atoms with E-state index >= 15 is 0 Å². The number of fused-ring (bicyclic) bond motifs is 10. The zero-order valence-electron chi connectivity index (χ0n) is 27.6. The van der Waals surface area contributed by atoms with E-state index in [1.165, 1.54) is 0 Å². The standard InChI is InChI=1S/2C19H27NO2/c2*1-18-11-8-15-13(14(18)6-7-16(18)21)9-12-20-17(22)5-3-4-10-19(15,20)2/h3,5,13-15H,4,6-12H2,1-2H3;3-4,13-15H,5-12H2,1-2H3/t2*13-,14-,15-,18-,19+/m00/s1. The van der Waals surface area contributed by atoms with Crippen molar-refractivity contribution in [3.63, 3.8) is 0 Å².